The molecule has 0 aromatic heterocycles. The van der Waals surface area contributed by atoms with Crippen LogP contribution in [0.1, 0.15) is 79.7 Å². The second-order valence-corrected chi connectivity index (χ2v) is 16.1. The summed E-state index contributed by atoms with van der Waals surface area (Å²) in [5, 5.41) is 4.40. The number of nitrogens with zero attached hydrogens (tertiary/aromatic N) is 1. The Hall–Kier alpha value is -1.66. The van der Waals surface area contributed by atoms with Crippen LogP contribution in [0, 0.1) is 11.8 Å². The summed E-state index contributed by atoms with van der Waals surface area (Å²) >= 11 is 0. The Morgan fingerprint density at radius 1 is 1.00 bits per heavy atom. The number of rotatable bonds is 13. The molecule has 1 aromatic carbocycles. The zero-order chi connectivity index (χ0) is 25.2. The largest absolute Gasteiger partial charge is 0.354 e. The molecule has 2 amide bonds. The number of amides is 2. The van der Waals surface area contributed by atoms with Crippen LogP contribution in [0.5, 0.6) is 0 Å². The van der Waals surface area contributed by atoms with Gasteiger partial charge in [0.2, 0.25) is 20.1 Å². The number of nitrogens with one attached hydrogen (secondary N) is 1. The van der Waals surface area contributed by atoms with Crippen molar-refractivity contribution in [1.82, 2.24) is 10.4 Å². The van der Waals surface area contributed by atoms with Crippen molar-refractivity contribution in [2.24, 2.45) is 11.8 Å². The van der Waals surface area contributed by atoms with Crippen LogP contribution in [0.4, 0.5) is 0 Å². The van der Waals surface area contributed by atoms with Gasteiger partial charge in [0.25, 0.3) is 0 Å². The molecule has 1 rings (SSSR count). The molecule has 0 heterocycles. The van der Waals surface area contributed by atoms with Crippen molar-refractivity contribution in [2.45, 2.75) is 105 Å². The maximum Gasteiger partial charge on any atom is 0.245 e. The lowest BCUT2D eigenvalue weighted by Crippen LogP contribution is -2.57. The molecule has 6 heteroatoms. The normalized spacial score (nSPS) is 13.3. The van der Waals surface area contributed by atoms with E-state index in [1.165, 1.54) is 10.6 Å². The van der Waals surface area contributed by atoms with E-state index in [9.17, 15) is 9.59 Å². The summed E-state index contributed by atoms with van der Waals surface area (Å²) in [5.41, 5.74) is 1.33. The minimum Gasteiger partial charge on any atom is -0.354 e. The van der Waals surface area contributed by atoms with Gasteiger partial charge in [-0.25, -0.2) is 5.06 Å². The van der Waals surface area contributed by atoms with Gasteiger partial charge in [-0.15, -0.1) is 0 Å². The summed E-state index contributed by atoms with van der Waals surface area (Å²) in [6.07, 6.45) is 4.22. The van der Waals surface area contributed by atoms with Crippen LogP contribution in [0.25, 0.3) is 0 Å². The van der Waals surface area contributed by atoms with Crippen LogP contribution >= 0.6 is 0 Å². The smallest absolute Gasteiger partial charge is 0.245 e. The Labute approximate surface area is 203 Å². The van der Waals surface area contributed by atoms with Gasteiger partial charge in [0, 0.05) is 13.0 Å². The van der Waals surface area contributed by atoms with E-state index in [1.807, 2.05) is 19.9 Å². The van der Waals surface area contributed by atoms with E-state index in [1.54, 1.807) is 0 Å². The van der Waals surface area contributed by atoms with Crippen LogP contribution < -0.4 is 5.32 Å². The number of unbranched alkanes of at least 4 members (excludes halogenated alkanes) is 2. The first-order valence-electron chi connectivity index (χ1n) is 12.6. The van der Waals surface area contributed by atoms with Crippen molar-refractivity contribution in [3.8, 4) is 0 Å². The fraction of sp³-hybridized carbons (Fsp3) is 0.704. The van der Waals surface area contributed by atoms with Gasteiger partial charge in [0.05, 0.1) is 0 Å². The van der Waals surface area contributed by atoms with Gasteiger partial charge in [-0.05, 0) is 54.8 Å². The summed E-state index contributed by atoms with van der Waals surface area (Å²) in [6, 6.07) is 9.80. The predicted octanol–water partition coefficient (Wildman–Crippen LogP) is 6.35. The standard InChI is InChI=1S/C27H48N2O3Si/c1-21(2)20-28-26(31)25(22(3)4)29(32-33(8,9)27(5,6)7)24(30)19-15-11-14-18-23-16-12-10-13-17-23/h10,12-13,16-17,21-22,25H,11,14-15,18-20H2,1-9H3,(H,28,31)/t25-/m0/s1. The van der Waals surface area contributed by atoms with Crippen LogP contribution in [0.15, 0.2) is 30.3 Å². The van der Waals surface area contributed by atoms with Gasteiger partial charge in [-0.1, -0.05) is 85.2 Å². The topological polar surface area (TPSA) is 58.6 Å². The Kier molecular flexibility index (Phi) is 11.8. The quantitative estimate of drug-likeness (QED) is 0.205. The first-order chi connectivity index (χ1) is 15.3. The second-order valence-electron chi connectivity index (χ2n) is 11.4. The first-order valence-corrected chi connectivity index (χ1v) is 15.5. The van der Waals surface area contributed by atoms with Crippen molar-refractivity contribution in [3.63, 3.8) is 0 Å². The van der Waals surface area contributed by atoms with Gasteiger partial charge >= 0.3 is 0 Å². The molecule has 33 heavy (non-hydrogen) atoms. The van der Waals surface area contributed by atoms with E-state index in [4.69, 9.17) is 4.53 Å². The second kappa shape index (κ2) is 13.3. The van der Waals surface area contributed by atoms with Gasteiger partial charge in [0.1, 0.15) is 6.04 Å². The molecule has 0 saturated heterocycles. The minimum absolute atomic E-state index is 0.0519. The molecule has 0 aliphatic carbocycles. The van der Waals surface area contributed by atoms with E-state index in [0.29, 0.717) is 18.9 Å². The predicted molar refractivity (Wildman–Crippen MR) is 140 cm³/mol. The molecule has 1 atom stereocenters. The molecule has 0 saturated carbocycles. The van der Waals surface area contributed by atoms with Crippen LogP contribution in [0.2, 0.25) is 18.1 Å². The molecule has 1 aromatic rings. The van der Waals surface area contributed by atoms with Gasteiger partial charge < -0.3 is 9.84 Å². The van der Waals surface area contributed by atoms with Crippen molar-refractivity contribution < 1.29 is 14.1 Å². The molecule has 0 bridgehead atoms. The summed E-state index contributed by atoms with van der Waals surface area (Å²) in [5.74, 6) is 0.0774. The SMILES string of the molecule is CC(C)CNC(=O)[C@H](C(C)C)N(O[Si](C)(C)C(C)(C)C)C(=O)CCCCCc1ccccc1. The van der Waals surface area contributed by atoms with Crippen molar-refractivity contribution in [2.75, 3.05) is 6.54 Å². The number of aryl methyl sites for hydroxylation is 1. The van der Waals surface area contributed by atoms with E-state index in [-0.39, 0.29) is 22.8 Å². The zero-order valence-corrected chi connectivity index (χ0v) is 23.5. The van der Waals surface area contributed by atoms with E-state index in [0.717, 1.165) is 25.7 Å². The number of carbonyl (C=O) groups excluding carboxylic acids is 2. The Morgan fingerprint density at radius 2 is 1.61 bits per heavy atom. The van der Waals surface area contributed by atoms with Crippen LogP contribution in [-0.4, -0.2) is 37.8 Å². The highest BCUT2D eigenvalue weighted by Crippen LogP contribution is 2.38. The monoisotopic (exact) mass is 476 g/mol. The first kappa shape index (κ1) is 29.4. The molecular weight excluding hydrogens is 428 g/mol. The van der Waals surface area contributed by atoms with Crippen LogP contribution in [-0.2, 0) is 20.5 Å². The Balaban J connectivity index is 2.90. The zero-order valence-electron chi connectivity index (χ0n) is 22.5. The third-order valence-electron chi connectivity index (χ3n) is 6.41. The van der Waals surface area contributed by atoms with E-state index < -0.39 is 14.4 Å². The molecule has 188 valence electrons. The van der Waals surface area contributed by atoms with E-state index >= 15 is 0 Å². The number of hydrogen-bond donors (Lipinski definition) is 1. The maximum atomic E-state index is 13.4. The molecule has 0 unspecified atom stereocenters. The molecule has 0 radical (unpaired) electrons. The maximum absolute atomic E-state index is 13.4. The van der Waals surface area contributed by atoms with Gasteiger partial charge in [0.15, 0.2) is 0 Å². The molecule has 1 N–H and O–H groups in total. The lowest BCUT2D eigenvalue weighted by Gasteiger charge is -2.43. The number of hydrogen-bond acceptors (Lipinski definition) is 3. The fourth-order valence-corrected chi connectivity index (χ4v) is 4.25. The summed E-state index contributed by atoms with van der Waals surface area (Å²) in [6.45, 7) is 19.4. The fourth-order valence-electron chi connectivity index (χ4n) is 3.27. The van der Waals surface area contributed by atoms with Gasteiger partial charge in [-0.2, -0.15) is 0 Å². The average Bonchev–Trinajstić information content (AvgIpc) is 2.70. The third kappa shape index (κ3) is 10.0. The molecular formula is C27H48N2O3Si. The average molecular weight is 477 g/mol. The lowest BCUT2D eigenvalue weighted by atomic mass is 10.0. The number of hydroxylamine groups is 2. The lowest BCUT2D eigenvalue weighted by molar-refractivity contribution is -0.178. The minimum atomic E-state index is -2.30. The summed E-state index contributed by atoms with van der Waals surface area (Å²) in [7, 11) is -2.30. The Bertz CT molecular complexity index is 727. The molecule has 0 fully saturated rings. The molecule has 0 aliphatic heterocycles. The molecule has 0 spiro atoms. The summed E-state index contributed by atoms with van der Waals surface area (Å²) in [4.78, 5) is 26.5. The highest BCUT2D eigenvalue weighted by Gasteiger charge is 2.44. The van der Waals surface area contributed by atoms with E-state index in [2.05, 4.69) is 77.3 Å². The number of benzene rings is 1. The highest BCUT2D eigenvalue weighted by atomic mass is 28.4. The van der Waals surface area contributed by atoms with Crippen molar-refractivity contribution in [1.29, 1.82) is 0 Å². The highest BCUT2D eigenvalue weighted by molar-refractivity contribution is 6.74. The van der Waals surface area contributed by atoms with Crippen LogP contribution in [0.3, 0.4) is 0 Å². The van der Waals surface area contributed by atoms with Gasteiger partial charge in [-0.3, -0.25) is 9.59 Å². The number of carbonyl (C=O) groups is 2. The molecule has 5 nitrogen and oxygen atoms in total. The summed E-state index contributed by atoms with van der Waals surface area (Å²) < 4.78 is 6.50. The van der Waals surface area contributed by atoms with Crippen molar-refractivity contribution >= 4 is 20.1 Å². The third-order valence-corrected chi connectivity index (χ3v) is 10.7. The molecule has 0 aliphatic rings. The van der Waals surface area contributed by atoms with Crippen molar-refractivity contribution in [3.05, 3.63) is 35.9 Å². The Morgan fingerprint density at radius 3 is 2.12 bits per heavy atom.